The van der Waals surface area contributed by atoms with Crippen molar-refractivity contribution in [3.05, 3.63) is 62.8 Å². The minimum absolute atomic E-state index is 0.192. The first-order valence-corrected chi connectivity index (χ1v) is 6.53. The van der Waals surface area contributed by atoms with E-state index in [1.54, 1.807) is 38.3 Å². The number of H-pyrrole nitrogens is 1. The van der Waals surface area contributed by atoms with Crippen molar-refractivity contribution in [1.82, 2.24) is 10.2 Å². The van der Waals surface area contributed by atoms with Crippen LogP contribution in [0.3, 0.4) is 0 Å². The van der Waals surface area contributed by atoms with Gasteiger partial charge in [0.05, 0.1) is 17.6 Å². The average molecular weight is 302 g/mol. The van der Waals surface area contributed by atoms with Crippen molar-refractivity contribution in [3.8, 4) is 11.6 Å². The predicted octanol–water partition coefficient (Wildman–Crippen LogP) is 1.66. The maximum Gasteiger partial charge on any atom is 0.317 e. The van der Waals surface area contributed by atoms with Crippen molar-refractivity contribution in [1.29, 1.82) is 0 Å². The number of benzene rings is 1. The SMILES string of the molecule is COc1ccc([C@H]2C([N+](=O)[O-])=C(N)Oc3n[nH]c(C)c32)cc1. The second-order valence-corrected chi connectivity index (χ2v) is 4.88. The molecule has 3 rings (SSSR count). The lowest BCUT2D eigenvalue weighted by molar-refractivity contribution is -0.432. The van der Waals surface area contributed by atoms with Crippen LogP contribution in [0.4, 0.5) is 0 Å². The van der Waals surface area contributed by atoms with Crippen LogP contribution in [-0.4, -0.2) is 22.2 Å². The summed E-state index contributed by atoms with van der Waals surface area (Å²) in [7, 11) is 1.56. The van der Waals surface area contributed by atoms with Crippen LogP contribution >= 0.6 is 0 Å². The van der Waals surface area contributed by atoms with E-state index in [2.05, 4.69) is 10.2 Å². The summed E-state index contributed by atoms with van der Waals surface area (Å²) in [5.41, 5.74) is 7.56. The van der Waals surface area contributed by atoms with Gasteiger partial charge in [0.1, 0.15) is 11.7 Å². The molecule has 3 N–H and O–H groups in total. The molecule has 0 aliphatic carbocycles. The Bertz CT molecular complexity index is 764. The number of hydrogen-bond donors (Lipinski definition) is 2. The molecule has 0 unspecified atom stereocenters. The van der Waals surface area contributed by atoms with E-state index in [9.17, 15) is 10.1 Å². The molecule has 0 radical (unpaired) electrons. The Hall–Kier alpha value is -3.03. The molecule has 2 heterocycles. The van der Waals surface area contributed by atoms with Crippen molar-refractivity contribution >= 4 is 0 Å². The van der Waals surface area contributed by atoms with Gasteiger partial charge >= 0.3 is 5.70 Å². The van der Waals surface area contributed by atoms with Crippen LogP contribution in [0.15, 0.2) is 35.8 Å². The minimum atomic E-state index is -0.650. The Kier molecular flexibility index (Phi) is 3.21. The molecular formula is C14H14N4O4. The Morgan fingerprint density at radius 2 is 2.09 bits per heavy atom. The number of hydrogen-bond acceptors (Lipinski definition) is 6. The minimum Gasteiger partial charge on any atom is -0.497 e. The number of methoxy groups -OCH3 is 1. The molecule has 1 aromatic carbocycles. The Labute approximate surface area is 125 Å². The molecule has 1 aromatic heterocycles. The number of fused-ring (bicyclic) bond motifs is 1. The van der Waals surface area contributed by atoms with E-state index in [0.717, 1.165) is 0 Å². The van der Waals surface area contributed by atoms with Crippen molar-refractivity contribution < 1.29 is 14.4 Å². The number of aromatic amines is 1. The van der Waals surface area contributed by atoms with E-state index >= 15 is 0 Å². The van der Waals surface area contributed by atoms with Crippen molar-refractivity contribution in [2.75, 3.05) is 7.11 Å². The van der Waals surface area contributed by atoms with Crippen molar-refractivity contribution in [2.45, 2.75) is 12.8 Å². The Morgan fingerprint density at radius 1 is 1.41 bits per heavy atom. The first-order chi connectivity index (χ1) is 10.5. The van der Waals surface area contributed by atoms with Gasteiger partial charge in [-0.1, -0.05) is 12.1 Å². The third-order valence-corrected chi connectivity index (χ3v) is 3.63. The Balaban J connectivity index is 2.19. The highest BCUT2D eigenvalue weighted by molar-refractivity contribution is 5.49. The smallest absolute Gasteiger partial charge is 0.317 e. The number of nitro groups is 1. The summed E-state index contributed by atoms with van der Waals surface area (Å²) in [6.45, 7) is 1.78. The monoisotopic (exact) mass is 302 g/mol. The molecule has 1 aliphatic rings. The maximum absolute atomic E-state index is 11.4. The number of nitrogens with one attached hydrogen (secondary N) is 1. The second-order valence-electron chi connectivity index (χ2n) is 4.88. The molecule has 8 nitrogen and oxygen atoms in total. The fourth-order valence-corrected chi connectivity index (χ4v) is 2.58. The van der Waals surface area contributed by atoms with Crippen LogP contribution in [-0.2, 0) is 0 Å². The third-order valence-electron chi connectivity index (χ3n) is 3.63. The van der Waals surface area contributed by atoms with Crippen molar-refractivity contribution in [3.63, 3.8) is 0 Å². The van der Waals surface area contributed by atoms with Gasteiger partial charge in [0, 0.05) is 5.69 Å². The highest BCUT2D eigenvalue weighted by atomic mass is 16.6. The largest absolute Gasteiger partial charge is 0.497 e. The second kappa shape index (κ2) is 5.06. The number of nitrogens with two attached hydrogens (primary N) is 1. The lowest BCUT2D eigenvalue weighted by Crippen LogP contribution is -2.25. The molecule has 1 atom stereocenters. The van der Waals surface area contributed by atoms with Gasteiger partial charge in [-0.2, -0.15) is 0 Å². The van der Waals surface area contributed by atoms with Crippen molar-refractivity contribution in [2.24, 2.45) is 5.73 Å². The molecular weight excluding hydrogens is 288 g/mol. The molecule has 2 aromatic rings. The van der Waals surface area contributed by atoms with E-state index in [0.29, 0.717) is 22.6 Å². The quantitative estimate of drug-likeness (QED) is 0.658. The summed E-state index contributed by atoms with van der Waals surface area (Å²) >= 11 is 0. The molecule has 1 aliphatic heterocycles. The molecule has 0 fully saturated rings. The lowest BCUT2D eigenvalue weighted by Gasteiger charge is -2.21. The van der Waals surface area contributed by atoms with Gasteiger partial charge in [-0.3, -0.25) is 15.2 Å². The van der Waals surface area contributed by atoms with E-state index in [4.69, 9.17) is 15.2 Å². The van der Waals surface area contributed by atoms with Gasteiger partial charge in [-0.25, -0.2) is 0 Å². The number of aryl methyl sites for hydroxylation is 1. The van der Waals surface area contributed by atoms with Crippen LogP contribution in [0.5, 0.6) is 11.6 Å². The zero-order valence-electron chi connectivity index (χ0n) is 12.0. The average Bonchev–Trinajstić information content (AvgIpc) is 2.86. The van der Waals surface area contributed by atoms with Crippen LogP contribution in [0.2, 0.25) is 0 Å². The van der Waals surface area contributed by atoms with Crippen LogP contribution < -0.4 is 15.2 Å². The number of allylic oxidation sites excluding steroid dienone is 1. The summed E-state index contributed by atoms with van der Waals surface area (Å²) in [5, 5.41) is 18.2. The number of rotatable bonds is 3. The number of nitrogens with zero attached hydrogens (tertiary/aromatic N) is 2. The normalized spacial score (nSPS) is 16.9. The van der Waals surface area contributed by atoms with Crippen LogP contribution in [0.25, 0.3) is 0 Å². The zero-order valence-corrected chi connectivity index (χ0v) is 12.0. The number of aromatic nitrogens is 2. The molecule has 114 valence electrons. The fourth-order valence-electron chi connectivity index (χ4n) is 2.58. The molecule has 8 heteroatoms. The summed E-state index contributed by atoms with van der Waals surface area (Å²) in [6.07, 6.45) is 0. The first-order valence-electron chi connectivity index (χ1n) is 6.53. The summed E-state index contributed by atoms with van der Waals surface area (Å²) in [5.74, 6) is 0.0363. The highest BCUT2D eigenvalue weighted by Gasteiger charge is 2.41. The standard InChI is InChI=1S/C14H14N4O4/c1-7-10-11(8-3-5-9(21-2)6-4-8)12(18(19)20)13(15)22-14(10)17-16-7/h3-6,11H,15H2,1-2H3,(H,16,17)/t11-/m1/s1. The first kappa shape index (κ1) is 13.9. The zero-order chi connectivity index (χ0) is 15.9. The summed E-state index contributed by atoms with van der Waals surface area (Å²) in [4.78, 5) is 10.9. The predicted molar refractivity (Wildman–Crippen MR) is 77.0 cm³/mol. The van der Waals surface area contributed by atoms with Gasteiger partial charge in [0.25, 0.3) is 5.88 Å². The summed E-state index contributed by atoms with van der Waals surface area (Å²) < 4.78 is 10.4. The summed E-state index contributed by atoms with van der Waals surface area (Å²) in [6, 6.07) is 7.02. The van der Waals surface area contributed by atoms with E-state index in [1.165, 1.54) is 0 Å². The van der Waals surface area contributed by atoms with E-state index in [-0.39, 0.29) is 17.5 Å². The third kappa shape index (κ3) is 2.05. The van der Waals surface area contributed by atoms with Gasteiger partial charge in [0.15, 0.2) is 0 Å². The van der Waals surface area contributed by atoms with Gasteiger partial charge in [-0.15, -0.1) is 5.10 Å². The Morgan fingerprint density at radius 3 is 2.68 bits per heavy atom. The maximum atomic E-state index is 11.4. The molecule has 0 bridgehead atoms. The topological polar surface area (TPSA) is 116 Å². The lowest BCUT2D eigenvalue weighted by atomic mass is 9.87. The number of ether oxygens (including phenoxy) is 2. The molecule has 22 heavy (non-hydrogen) atoms. The van der Waals surface area contributed by atoms with Crippen LogP contribution in [0, 0.1) is 17.0 Å². The van der Waals surface area contributed by atoms with Crippen LogP contribution in [0.1, 0.15) is 22.7 Å². The molecule has 0 spiro atoms. The van der Waals surface area contributed by atoms with E-state index in [1.807, 2.05) is 0 Å². The fraction of sp³-hybridized carbons (Fsp3) is 0.214. The molecule has 0 saturated heterocycles. The van der Waals surface area contributed by atoms with E-state index < -0.39 is 10.8 Å². The molecule has 0 amide bonds. The molecule has 0 saturated carbocycles. The van der Waals surface area contributed by atoms with Gasteiger partial charge < -0.3 is 15.2 Å². The van der Waals surface area contributed by atoms with Gasteiger partial charge in [-0.05, 0) is 24.6 Å². The highest BCUT2D eigenvalue weighted by Crippen LogP contribution is 2.43. The van der Waals surface area contributed by atoms with Gasteiger partial charge in [0.2, 0.25) is 5.88 Å².